The van der Waals surface area contributed by atoms with Crippen molar-refractivity contribution in [1.29, 1.82) is 0 Å². The molecule has 4 rings (SSSR count). The number of fused-ring (bicyclic) bond motifs is 5. The van der Waals surface area contributed by atoms with E-state index in [4.69, 9.17) is 4.74 Å². The number of unbranched alkanes of at least 4 members (excludes halogenated alkanes) is 2. The molecule has 0 aromatic rings. The Morgan fingerprint density at radius 3 is 2.65 bits per heavy atom. The molecule has 2 N–H and O–H groups in total. The predicted molar refractivity (Wildman–Crippen MR) is 118 cm³/mol. The number of Topliss-reactive ketones (excluding diaryl/α,β-unsaturated/α-hetero) is 1. The number of hydrogen-bond acceptors (Lipinski definition) is 5. The highest BCUT2D eigenvalue weighted by molar-refractivity contribution is 6.01. The van der Waals surface area contributed by atoms with Crippen LogP contribution in [0.5, 0.6) is 0 Å². The van der Waals surface area contributed by atoms with Crippen LogP contribution >= 0.6 is 0 Å². The Kier molecular flexibility index (Phi) is 5.80. The molecule has 0 saturated heterocycles. The summed E-state index contributed by atoms with van der Waals surface area (Å²) in [6.45, 7) is 6.39. The average molecular weight is 429 g/mol. The molecule has 0 bridgehead atoms. The van der Waals surface area contributed by atoms with Crippen LogP contribution in [0.2, 0.25) is 0 Å². The van der Waals surface area contributed by atoms with Gasteiger partial charge in [-0.1, -0.05) is 39.7 Å². The number of aliphatic hydroxyl groups is 2. The van der Waals surface area contributed by atoms with Gasteiger partial charge in [-0.3, -0.25) is 9.59 Å². The molecule has 0 aromatic heterocycles. The second kappa shape index (κ2) is 8.00. The van der Waals surface area contributed by atoms with Gasteiger partial charge in [-0.2, -0.15) is 0 Å². The third-order valence-electron chi connectivity index (χ3n) is 8.93. The van der Waals surface area contributed by atoms with Crippen LogP contribution in [-0.2, 0) is 14.3 Å². The number of ketones is 2. The van der Waals surface area contributed by atoms with Crippen molar-refractivity contribution in [2.24, 2.45) is 28.6 Å². The summed E-state index contributed by atoms with van der Waals surface area (Å²) in [5.74, 6) is 0.910. The SMILES string of the molecule is CCCCCOC1=C[C@@H]2[C@H](CC[C@@]3(C)[C@H]2CC[C@]3(O)C(=O)CO)[C@@]2(C)C=CC(=O)C=C12. The average Bonchev–Trinajstić information content (AvgIpc) is 3.03. The fourth-order valence-electron chi connectivity index (χ4n) is 7.01. The molecule has 0 unspecified atom stereocenters. The second-order valence-electron chi connectivity index (χ2n) is 10.4. The van der Waals surface area contributed by atoms with Gasteiger partial charge in [0.15, 0.2) is 11.6 Å². The first-order chi connectivity index (χ1) is 14.7. The number of hydrogen-bond donors (Lipinski definition) is 2. The molecule has 0 amide bonds. The minimum absolute atomic E-state index is 0.00147. The molecular formula is C26H36O5. The fraction of sp³-hybridized carbons (Fsp3) is 0.692. The van der Waals surface area contributed by atoms with Crippen LogP contribution in [0.1, 0.15) is 65.7 Å². The van der Waals surface area contributed by atoms with Crippen LogP contribution in [0, 0.1) is 28.6 Å². The molecule has 0 radical (unpaired) electrons. The zero-order valence-electron chi connectivity index (χ0n) is 19.0. The molecule has 170 valence electrons. The lowest BCUT2D eigenvalue weighted by Crippen LogP contribution is -2.57. The smallest absolute Gasteiger partial charge is 0.190 e. The van der Waals surface area contributed by atoms with E-state index in [0.29, 0.717) is 13.0 Å². The largest absolute Gasteiger partial charge is 0.494 e. The van der Waals surface area contributed by atoms with Crippen molar-refractivity contribution in [1.82, 2.24) is 0 Å². The summed E-state index contributed by atoms with van der Waals surface area (Å²) >= 11 is 0. The van der Waals surface area contributed by atoms with Crippen LogP contribution in [0.25, 0.3) is 0 Å². The van der Waals surface area contributed by atoms with E-state index in [2.05, 4.69) is 19.9 Å². The number of aliphatic hydroxyl groups excluding tert-OH is 1. The summed E-state index contributed by atoms with van der Waals surface area (Å²) < 4.78 is 6.26. The van der Waals surface area contributed by atoms with Gasteiger partial charge in [0.1, 0.15) is 18.0 Å². The Morgan fingerprint density at radius 1 is 1.19 bits per heavy atom. The normalized spacial score (nSPS) is 41.1. The Morgan fingerprint density at radius 2 is 1.94 bits per heavy atom. The van der Waals surface area contributed by atoms with E-state index in [1.807, 2.05) is 13.0 Å². The van der Waals surface area contributed by atoms with Crippen LogP contribution < -0.4 is 0 Å². The molecule has 5 heteroatoms. The highest BCUT2D eigenvalue weighted by Gasteiger charge is 2.65. The van der Waals surface area contributed by atoms with Crippen molar-refractivity contribution in [2.75, 3.05) is 13.2 Å². The lowest BCUT2D eigenvalue weighted by molar-refractivity contribution is -0.161. The van der Waals surface area contributed by atoms with Crippen LogP contribution in [0.15, 0.2) is 35.6 Å². The van der Waals surface area contributed by atoms with Gasteiger partial charge in [0.05, 0.1) is 6.61 Å². The number of carbonyl (C=O) groups is 2. The standard InChI is InChI=1S/C26H36O5/c1-4-5-6-13-31-22-15-18-19(24(2)10-7-17(28)14-21(22)24)8-11-25(3)20(18)9-12-26(25,30)23(29)16-27/h7,10,14-15,18-20,27,30H,4-6,8-9,11-13,16H2,1-3H3/t18-,19+,20+,24-,25+,26+/m1/s1. The van der Waals surface area contributed by atoms with Gasteiger partial charge in [0, 0.05) is 16.4 Å². The Labute approximate surface area is 185 Å². The van der Waals surface area contributed by atoms with Gasteiger partial charge in [0.2, 0.25) is 0 Å². The molecular weight excluding hydrogens is 392 g/mol. The van der Waals surface area contributed by atoms with Gasteiger partial charge in [-0.15, -0.1) is 0 Å². The third kappa shape index (κ3) is 3.27. The zero-order valence-corrected chi connectivity index (χ0v) is 19.0. The topological polar surface area (TPSA) is 83.8 Å². The zero-order chi connectivity index (χ0) is 22.4. The van der Waals surface area contributed by atoms with Crippen LogP contribution in [-0.4, -0.2) is 40.6 Å². The van der Waals surface area contributed by atoms with E-state index < -0.39 is 23.4 Å². The minimum Gasteiger partial charge on any atom is -0.494 e. The maximum Gasteiger partial charge on any atom is 0.190 e. The fourth-order valence-corrected chi connectivity index (χ4v) is 7.01. The Hall–Kier alpha value is -1.72. The van der Waals surface area contributed by atoms with Crippen LogP contribution in [0.3, 0.4) is 0 Å². The number of ether oxygens (including phenoxy) is 1. The van der Waals surface area contributed by atoms with E-state index in [1.54, 1.807) is 12.2 Å². The van der Waals surface area contributed by atoms with Crippen molar-refractivity contribution < 1.29 is 24.5 Å². The van der Waals surface area contributed by atoms with Crippen molar-refractivity contribution >= 4 is 11.6 Å². The molecule has 2 saturated carbocycles. The predicted octanol–water partition coefficient (Wildman–Crippen LogP) is 3.90. The van der Waals surface area contributed by atoms with Crippen molar-refractivity contribution in [3.63, 3.8) is 0 Å². The summed E-state index contributed by atoms with van der Waals surface area (Å²) in [7, 11) is 0. The van der Waals surface area contributed by atoms with Crippen molar-refractivity contribution in [3.8, 4) is 0 Å². The first kappa shape index (κ1) is 22.5. The molecule has 0 spiro atoms. The highest BCUT2D eigenvalue weighted by atomic mass is 16.5. The maximum atomic E-state index is 12.6. The van der Waals surface area contributed by atoms with E-state index in [-0.39, 0.29) is 29.0 Å². The second-order valence-corrected chi connectivity index (χ2v) is 10.4. The van der Waals surface area contributed by atoms with Crippen molar-refractivity contribution in [2.45, 2.75) is 71.3 Å². The van der Waals surface area contributed by atoms with E-state index >= 15 is 0 Å². The molecule has 5 nitrogen and oxygen atoms in total. The molecule has 0 heterocycles. The summed E-state index contributed by atoms with van der Waals surface area (Å²) in [5, 5.41) is 20.9. The lowest BCUT2D eigenvalue weighted by atomic mass is 9.48. The first-order valence-corrected chi connectivity index (χ1v) is 11.9. The third-order valence-corrected chi connectivity index (χ3v) is 8.93. The summed E-state index contributed by atoms with van der Waals surface area (Å²) in [5.41, 5.74) is -1.36. The maximum absolute atomic E-state index is 12.6. The lowest BCUT2D eigenvalue weighted by Gasteiger charge is -2.56. The first-order valence-electron chi connectivity index (χ1n) is 11.9. The Balaban J connectivity index is 1.73. The van der Waals surface area contributed by atoms with E-state index in [1.165, 1.54) is 0 Å². The van der Waals surface area contributed by atoms with Gasteiger partial charge in [-0.05, 0) is 68.1 Å². The minimum atomic E-state index is -1.47. The number of allylic oxidation sites excluding steroid dienone is 5. The Bertz CT molecular complexity index is 854. The molecule has 4 aliphatic rings. The molecule has 31 heavy (non-hydrogen) atoms. The number of carbonyl (C=O) groups excluding carboxylic acids is 2. The van der Waals surface area contributed by atoms with E-state index in [0.717, 1.165) is 49.9 Å². The van der Waals surface area contributed by atoms with Gasteiger partial charge in [-0.25, -0.2) is 0 Å². The number of rotatable bonds is 7. The van der Waals surface area contributed by atoms with E-state index in [9.17, 15) is 19.8 Å². The van der Waals surface area contributed by atoms with Crippen LogP contribution in [0.4, 0.5) is 0 Å². The van der Waals surface area contributed by atoms with Gasteiger partial charge in [0.25, 0.3) is 0 Å². The van der Waals surface area contributed by atoms with Gasteiger partial charge >= 0.3 is 0 Å². The molecule has 0 aromatic carbocycles. The monoisotopic (exact) mass is 428 g/mol. The molecule has 0 aliphatic heterocycles. The summed E-state index contributed by atoms with van der Waals surface area (Å²) in [4.78, 5) is 24.8. The highest BCUT2D eigenvalue weighted by Crippen LogP contribution is 2.66. The quantitative estimate of drug-likeness (QED) is 0.601. The van der Waals surface area contributed by atoms with Gasteiger partial charge < -0.3 is 14.9 Å². The summed E-state index contributed by atoms with van der Waals surface area (Å²) in [6.07, 6.45) is 13.6. The summed E-state index contributed by atoms with van der Waals surface area (Å²) in [6, 6.07) is 0. The molecule has 6 atom stereocenters. The molecule has 2 fully saturated rings. The molecule has 4 aliphatic carbocycles. The van der Waals surface area contributed by atoms with Crippen molar-refractivity contribution in [3.05, 3.63) is 35.6 Å².